The Labute approximate surface area is 148 Å². The number of hydrogen-bond donors (Lipinski definition) is 1. The van der Waals surface area contributed by atoms with Gasteiger partial charge in [-0.3, -0.25) is 4.79 Å². The summed E-state index contributed by atoms with van der Waals surface area (Å²) in [5.74, 6) is 0.986. The van der Waals surface area contributed by atoms with Gasteiger partial charge >= 0.3 is 0 Å². The monoisotopic (exact) mass is 340 g/mol. The number of likely N-dealkylation sites (N-methyl/N-ethyl adjacent to an activating group) is 1. The molecule has 1 aliphatic rings. The maximum Gasteiger partial charge on any atom is 0.255 e. The quantitative estimate of drug-likeness (QED) is 0.878. The van der Waals surface area contributed by atoms with Crippen molar-refractivity contribution >= 4 is 5.91 Å². The first-order valence-electron chi connectivity index (χ1n) is 8.52. The van der Waals surface area contributed by atoms with Crippen LogP contribution in [-0.2, 0) is 6.42 Å². The van der Waals surface area contributed by atoms with Crippen LogP contribution in [0.25, 0.3) is 0 Å². The SMILES string of the molecule is CCc1ccc(C(CNC(=O)c2cccc3c2OCO3)N(C)C)cc1. The standard InChI is InChI=1S/C20H24N2O3/c1-4-14-8-10-15(11-9-14)17(22(2)3)12-21-20(23)16-6-5-7-18-19(16)25-13-24-18/h5-11,17H,4,12-13H2,1-3H3,(H,21,23). The number of fused-ring (bicyclic) bond motifs is 1. The summed E-state index contributed by atoms with van der Waals surface area (Å²) in [6.07, 6.45) is 1.02. The Balaban J connectivity index is 1.71. The third kappa shape index (κ3) is 3.77. The van der Waals surface area contributed by atoms with E-state index in [-0.39, 0.29) is 18.7 Å². The van der Waals surface area contributed by atoms with E-state index in [1.54, 1.807) is 18.2 Å². The van der Waals surface area contributed by atoms with Crippen LogP contribution in [0.4, 0.5) is 0 Å². The van der Waals surface area contributed by atoms with E-state index in [1.165, 1.54) is 11.1 Å². The lowest BCUT2D eigenvalue weighted by atomic mass is 10.0. The number of carbonyl (C=O) groups is 1. The molecule has 0 spiro atoms. The molecular weight excluding hydrogens is 316 g/mol. The summed E-state index contributed by atoms with van der Waals surface area (Å²) in [5, 5.41) is 3.02. The molecule has 5 nitrogen and oxygen atoms in total. The van der Waals surface area contributed by atoms with Crippen molar-refractivity contribution in [3.63, 3.8) is 0 Å². The smallest absolute Gasteiger partial charge is 0.255 e. The molecule has 0 bridgehead atoms. The maximum absolute atomic E-state index is 12.6. The van der Waals surface area contributed by atoms with Crippen LogP contribution in [0.1, 0.15) is 34.5 Å². The minimum Gasteiger partial charge on any atom is -0.454 e. The van der Waals surface area contributed by atoms with E-state index in [1.807, 2.05) is 14.1 Å². The normalized spacial score (nSPS) is 13.8. The number of benzene rings is 2. The molecule has 0 aliphatic carbocycles. The minimum absolute atomic E-state index is 0.101. The fraction of sp³-hybridized carbons (Fsp3) is 0.350. The maximum atomic E-state index is 12.6. The average molecular weight is 340 g/mol. The Kier molecular flexibility index (Phi) is 5.24. The van der Waals surface area contributed by atoms with E-state index in [2.05, 4.69) is 41.4 Å². The summed E-state index contributed by atoms with van der Waals surface area (Å²) in [6.45, 7) is 2.81. The fourth-order valence-electron chi connectivity index (χ4n) is 2.97. The van der Waals surface area contributed by atoms with Crippen molar-refractivity contribution in [1.82, 2.24) is 10.2 Å². The van der Waals surface area contributed by atoms with E-state index in [9.17, 15) is 4.79 Å². The number of nitrogens with one attached hydrogen (secondary N) is 1. The summed E-state index contributed by atoms with van der Waals surface area (Å²) < 4.78 is 10.8. The Bertz CT molecular complexity index is 741. The van der Waals surface area contributed by atoms with Gasteiger partial charge in [0.25, 0.3) is 5.91 Å². The number of aryl methyl sites for hydroxylation is 1. The van der Waals surface area contributed by atoms with Gasteiger partial charge in [-0.1, -0.05) is 37.3 Å². The number of hydrogen-bond acceptors (Lipinski definition) is 4. The van der Waals surface area contributed by atoms with E-state index >= 15 is 0 Å². The van der Waals surface area contributed by atoms with Crippen molar-refractivity contribution in [3.8, 4) is 11.5 Å². The molecule has 1 N–H and O–H groups in total. The molecule has 2 aromatic rings. The zero-order chi connectivity index (χ0) is 17.8. The molecule has 1 unspecified atom stereocenters. The van der Waals surface area contributed by atoms with Gasteiger partial charge < -0.3 is 19.7 Å². The third-order valence-electron chi connectivity index (χ3n) is 4.49. The summed E-state index contributed by atoms with van der Waals surface area (Å²) in [7, 11) is 4.03. The molecule has 2 aromatic carbocycles. The number of ether oxygens (including phenoxy) is 2. The largest absolute Gasteiger partial charge is 0.454 e. The van der Waals surface area contributed by atoms with Crippen molar-refractivity contribution in [3.05, 3.63) is 59.2 Å². The number of rotatable bonds is 6. The molecule has 25 heavy (non-hydrogen) atoms. The molecule has 0 aromatic heterocycles. The van der Waals surface area contributed by atoms with Crippen LogP contribution in [0, 0.1) is 0 Å². The van der Waals surface area contributed by atoms with Crippen LogP contribution in [0.5, 0.6) is 11.5 Å². The minimum atomic E-state index is -0.153. The number of nitrogens with zero attached hydrogens (tertiary/aromatic N) is 1. The van der Waals surface area contributed by atoms with E-state index in [4.69, 9.17) is 9.47 Å². The summed E-state index contributed by atoms with van der Waals surface area (Å²) in [5.41, 5.74) is 3.00. The third-order valence-corrected chi connectivity index (χ3v) is 4.49. The predicted molar refractivity (Wildman–Crippen MR) is 97.1 cm³/mol. The highest BCUT2D eigenvalue weighted by molar-refractivity contribution is 5.98. The van der Waals surface area contributed by atoms with Crippen molar-refractivity contribution in [2.45, 2.75) is 19.4 Å². The highest BCUT2D eigenvalue weighted by Crippen LogP contribution is 2.35. The second-order valence-electron chi connectivity index (χ2n) is 6.32. The molecular formula is C20H24N2O3. The summed E-state index contributed by atoms with van der Waals surface area (Å²) in [4.78, 5) is 14.7. The second-order valence-corrected chi connectivity index (χ2v) is 6.32. The number of para-hydroxylation sites is 1. The van der Waals surface area contributed by atoms with Crippen LogP contribution in [0.3, 0.4) is 0 Å². The topological polar surface area (TPSA) is 50.8 Å². The number of amides is 1. The molecule has 1 amide bonds. The molecule has 0 saturated carbocycles. The van der Waals surface area contributed by atoms with Gasteiger partial charge in [-0.2, -0.15) is 0 Å². The lowest BCUT2D eigenvalue weighted by molar-refractivity contribution is 0.0937. The summed E-state index contributed by atoms with van der Waals surface area (Å²) >= 11 is 0. The van der Waals surface area contributed by atoms with Crippen molar-refractivity contribution in [2.24, 2.45) is 0 Å². The zero-order valence-corrected chi connectivity index (χ0v) is 14.9. The van der Waals surface area contributed by atoms with Crippen LogP contribution in [0.15, 0.2) is 42.5 Å². The molecule has 1 heterocycles. The van der Waals surface area contributed by atoms with Crippen molar-refractivity contribution < 1.29 is 14.3 Å². The van der Waals surface area contributed by atoms with Gasteiger partial charge in [0.05, 0.1) is 11.6 Å². The lowest BCUT2D eigenvalue weighted by Gasteiger charge is -2.25. The molecule has 132 valence electrons. The molecule has 1 atom stereocenters. The van der Waals surface area contributed by atoms with Gasteiger partial charge in [0.15, 0.2) is 11.5 Å². The first-order valence-corrected chi connectivity index (χ1v) is 8.52. The lowest BCUT2D eigenvalue weighted by Crippen LogP contribution is -2.34. The van der Waals surface area contributed by atoms with E-state index < -0.39 is 0 Å². The predicted octanol–water partition coefficient (Wildman–Crippen LogP) is 3.01. The van der Waals surface area contributed by atoms with E-state index in [0.717, 1.165) is 6.42 Å². The Morgan fingerprint density at radius 1 is 1.16 bits per heavy atom. The average Bonchev–Trinajstić information content (AvgIpc) is 3.10. The van der Waals surface area contributed by atoms with Gasteiger partial charge in [-0.05, 0) is 43.8 Å². The molecule has 1 aliphatic heterocycles. The molecule has 5 heteroatoms. The number of carbonyl (C=O) groups excluding carboxylic acids is 1. The van der Waals surface area contributed by atoms with Gasteiger partial charge in [0.1, 0.15) is 0 Å². The van der Waals surface area contributed by atoms with Crippen LogP contribution in [-0.4, -0.2) is 38.2 Å². The van der Waals surface area contributed by atoms with Gasteiger partial charge in [-0.25, -0.2) is 0 Å². The summed E-state index contributed by atoms with van der Waals surface area (Å²) in [6, 6.07) is 14.0. The molecule has 0 fully saturated rings. The molecule has 0 radical (unpaired) electrons. The van der Waals surface area contributed by atoms with Crippen molar-refractivity contribution in [1.29, 1.82) is 0 Å². The van der Waals surface area contributed by atoms with Gasteiger partial charge in [0, 0.05) is 6.54 Å². The first kappa shape index (κ1) is 17.3. The van der Waals surface area contributed by atoms with Crippen LogP contribution in [0.2, 0.25) is 0 Å². The molecule has 3 rings (SSSR count). The highest BCUT2D eigenvalue weighted by atomic mass is 16.7. The van der Waals surface area contributed by atoms with Crippen LogP contribution >= 0.6 is 0 Å². The van der Waals surface area contributed by atoms with Crippen molar-refractivity contribution in [2.75, 3.05) is 27.4 Å². The van der Waals surface area contributed by atoms with Gasteiger partial charge in [0.2, 0.25) is 6.79 Å². The zero-order valence-electron chi connectivity index (χ0n) is 14.9. The fourth-order valence-corrected chi connectivity index (χ4v) is 2.97. The molecule has 0 saturated heterocycles. The second kappa shape index (κ2) is 7.57. The Morgan fingerprint density at radius 3 is 2.60 bits per heavy atom. The van der Waals surface area contributed by atoms with E-state index in [0.29, 0.717) is 23.6 Å². The van der Waals surface area contributed by atoms with Gasteiger partial charge in [-0.15, -0.1) is 0 Å². The highest BCUT2D eigenvalue weighted by Gasteiger charge is 2.23. The van der Waals surface area contributed by atoms with Crippen LogP contribution < -0.4 is 14.8 Å². The Morgan fingerprint density at radius 2 is 1.92 bits per heavy atom. The first-order chi connectivity index (χ1) is 12.1. The Hall–Kier alpha value is -2.53.